The number of allylic oxidation sites excluding steroid dienone is 3. The number of nitrogens with one attached hydrogen (secondary N) is 13. The Morgan fingerprint density at radius 3 is 1.36 bits per heavy atom. The zero-order valence-corrected chi connectivity index (χ0v) is 48.1. The first-order valence-corrected chi connectivity index (χ1v) is 30.2. The third kappa shape index (κ3) is 55.4. The van der Waals surface area contributed by atoms with Crippen LogP contribution >= 0.6 is 11.8 Å². The maximum absolute atomic E-state index is 5.01. The number of thioether (sulfide) groups is 1. The molecule has 16 aliphatic rings. The van der Waals surface area contributed by atoms with E-state index in [2.05, 4.69) is 105 Å². The summed E-state index contributed by atoms with van der Waals surface area (Å²) in [5.41, 5.74) is 13.5. The molecule has 0 aromatic heterocycles. The second-order valence-corrected chi connectivity index (χ2v) is 19.4. The summed E-state index contributed by atoms with van der Waals surface area (Å²) in [4.78, 5) is 17.9. The lowest BCUT2D eigenvalue weighted by Crippen LogP contribution is -2.41. The van der Waals surface area contributed by atoms with Crippen LogP contribution in [0.1, 0.15) is 64.2 Å². The lowest BCUT2D eigenvalue weighted by atomic mass is 9.89. The average molecular weight is 1100 g/mol. The van der Waals surface area contributed by atoms with Crippen LogP contribution in [0, 0.1) is 5.92 Å². The molecule has 2 bridgehead atoms. The second kappa shape index (κ2) is 61.5. The number of piperazine rings is 1. The molecule has 0 aliphatic carbocycles. The van der Waals surface area contributed by atoms with E-state index in [-0.39, 0.29) is 0 Å². The van der Waals surface area contributed by atoms with Crippen LogP contribution in [0.15, 0.2) is 81.2 Å². The summed E-state index contributed by atoms with van der Waals surface area (Å²) in [7, 11) is 0. The van der Waals surface area contributed by atoms with Gasteiger partial charge in [-0.2, -0.15) is 0 Å². The largest absolute Gasteiger partial charge is 0.497 e. The Bertz CT molecular complexity index is 1200. The van der Waals surface area contributed by atoms with Gasteiger partial charge >= 0.3 is 0 Å². The normalized spacial score (nSPS) is 23.8. The number of piperidine rings is 4. The minimum Gasteiger partial charge on any atom is -0.497 e. The van der Waals surface area contributed by atoms with Crippen LogP contribution in [0.2, 0.25) is 0 Å². The van der Waals surface area contributed by atoms with Crippen molar-refractivity contribution in [1.82, 2.24) is 74.5 Å². The Morgan fingerprint density at radius 1 is 0.494 bits per heavy atom. The second-order valence-electron chi connectivity index (χ2n) is 18.4. The van der Waals surface area contributed by atoms with Crippen molar-refractivity contribution in [2.75, 3.05) is 196 Å². The average Bonchev–Trinajstić information content (AvgIpc) is 4.39. The number of hydrazine groups is 2. The first-order valence-electron chi connectivity index (χ1n) is 29.2. The monoisotopic (exact) mass is 1100 g/mol. The maximum Gasteiger partial charge on any atom is 0.169 e. The summed E-state index contributed by atoms with van der Waals surface area (Å²) in [5.74, 6) is 2.31. The van der Waals surface area contributed by atoms with E-state index in [0.29, 0.717) is 0 Å². The Kier molecular flexibility index (Phi) is 55.4. The fraction of sp³-hybridized carbons (Fsp3) is 0.745. The molecule has 0 saturated carbocycles. The van der Waals surface area contributed by atoms with E-state index in [9.17, 15) is 0 Å². The number of morpholine rings is 1. The lowest BCUT2D eigenvalue weighted by Gasteiger charge is -2.38. The van der Waals surface area contributed by atoms with Crippen LogP contribution in [-0.4, -0.2) is 225 Å². The molecular weight excluding hydrogens is 993 g/mol. The van der Waals surface area contributed by atoms with Gasteiger partial charge in [0.1, 0.15) is 13.2 Å². The minimum atomic E-state index is 0.733. The number of rotatable bonds is 0. The standard InChI is InChI=1S/C7H13N.C5H11N.C5H6O.C4H10N2.C4H9NO.C4H9N.C4H7N.C4H5N.C3H8N2.C3H6N2.C3H8N2.C3H6N2.C3H5NO.C3H5NS/c1-4-8-5-2-7(1)3-6-8;2*1-2-4-6-5-3-1;1-2-6-4-3-5-1;1-3-6-4-2-5-1;3*1-2-4-5-3-1;2*1-2-5-3-4-1;2*1-2-4-5-3-1;2*1-2-5-3-4-1/h7H,1-6H2;6H,1-5H2;1-4H,5H2;5-6H,1-4H2;5H,1-4H2;5H,1-4H2;1,3,5H,2,4H2;1-3H,4H2;4-5H,1-3H2;3H,1-2H2,(H,4,5);4-5H,1-3H2;1-2,4-5H,3H2;2*3H,1-2H2. The van der Waals surface area contributed by atoms with Gasteiger partial charge in [-0.25, -0.2) is 5.43 Å². The van der Waals surface area contributed by atoms with Crippen molar-refractivity contribution in [3.63, 3.8) is 0 Å². The highest BCUT2D eigenvalue weighted by Gasteiger charge is 2.24. The van der Waals surface area contributed by atoms with Gasteiger partial charge in [-0.15, -0.1) is 11.8 Å². The summed E-state index contributed by atoms with van der Waals surface area (Å²) in [5, 5.41) is 28.3. The molecule has 0 atom stereocenters. The summed E-state index contributed by atoms with van der Waals surface area (Å²) in [6, 6.07) is 0. The molecule has 21 nitrogen and oxygen atoms in total. The van der Waals surface area contributed by atoms with Crippen LogP contribution in [0.3, 0.4) is 0 Å². The molecule has 0 radical (unpaired) electrons. The van der Waals surface area contributed by atoms with Gasteiger partial charge in [0.15, 0.2) is 6.40 Å². The van der Waals surface area contributed by atoms with Gasteiger partial charge in [0.2, 0.25) is 0 Å². The van der Waals surface area contributed by atoms with Crippen LogP contribution in [0.25, 0.3) is 0 Å². The van der Waals surface area contributed by atoms with E-state index in [4.69, 9.17) is 9.47 Å². The molecule has 16 rings (SSSR count). The van der Waals surface area contributed by atoms with E-state index in [0.717, 1.165) is 150 Å². The van der Waals surface area contributed by atoms with Crippen molar-refractivity contribution in [2.45, 2.75) is 64.2 Å². The molecule has 442 valence electrons. The predicted molar refractivity (Wildman–Crippen MR) is 329 cm³/mol. The lowest BCUT2D eigenvalue weighted by molar-refractivity contribution is 0.109. The number of hydrogen-bond acceptors (Lipinski definition) is 22. The SMILES string of the molecule is C1=CCN=C1.C1=CCOC=C1.C1=CNCC1.C1=CNNC1.C1=NCCN1.C1=NCCO1.C1=NCCS1.C1CCNC1.C1CCNCC1.C1CN2CCC1CC2.C1CNCCN1.C1CNCN1.C1CNNC1.C1COCCN1. The summed E-state index contributed by atoms with van der Waals surface area (Å²) in [6.45, 7) is 31.5. The highest BCUT2D eigenvalue weighted by atomic mass is 32.2. The van der Waals surface area contributed by atoms with E-state index in [1.165, 1.54) is 122 Å². The van der Waals surface area contributed by atoms with Gasteiger partial charge < -0.3 is 72.4 Å². The fourth-order valence-electron chi connectivity index (χ4n) is 7.51. The van der Waals surface area contributed by atoms with Crippen LogP contribution in [-0.2, 0) is 14.2 Å². The van der Waals surface area contributed by atoms with Gasteiger partial charge in [0.05, 0.1) is 51.0 Å². The number of nitrogens with zero attached hydrogens (tertiary/aromatic N) is 5. The van der Waals surface area contributed by atoms with Crippen molar-refractivity contribution in [1.29, 1.82) is 0 Å². The molecule has 9 fully saturated rings. The van der Waals surface area contributed by atoms with E-state index in [1.807, 2.05) is 54.4 Å². The van der Waals surface area contributed by atoms with Gasteiger partial charge in [-0.1, -0.05) is 30.7 Å². The first-order chi connectivity index (χ1) is 38.4. The van der Waals surface area contributed by atoms with E-state index < -0.39 is 0 Å². The summed E-state index contributed by atoms with van der Waals surface area (Å²) >= 11 is 1.78. The van der Waals surface area contributed by atoms with Crippen LogP contribution < -0.4 is 69.6 Å². The van der Waals surface area contributed by atoms with Crippen molar-refractivity contribution in [3.8, 4) is 0 Å². The van der Waals surface area contributed by atoms with Gasteiger partial charge in [-0.3, -0.25) is 30.8 Å². The smallest absolute Gasteiger partial charge is 0.169 e. The number of fused-ring (bicyclic) bond motifs is 3. The Hall–Kier alpha value is -3.75. The predicted octanol–water partition coefficient (Wildman–Crippen LogP) is 1.88. The molecule has 22 heteroatoms. The number of ether oxygens (including phenoxy) is 3. The highest BCUT2D eigenvalue weighted by Crippen LogP contribution is 2.26. The zero-order chi connectivity index (χ0) is 54.2. The Balaban J connectivity index is 0.000000284. The Labute approximate surface area is 470 Å². The van der Waals surface area contributed by atoms with Crippen LogP contribution in [0.4, 0.5) is 0 Å². The van der Waals surface area contributed by atoms with Gasteiger partial charge in [-0.05, 0) is 134 Å². The van der Waals surface area contributed by atoms with Crippen molar-refractivity contribution in [2.24, 2.45) is 25.9 Å². The third-order valence-corrected chi connectivity index (χ3v) is 12.6. The molecule has 0 spiro atoms. The van der Waals surface area contributed by atoms with Crippen LogP contribution in [0.5, 0.6) is 0 Å². The topological polar surface area (TPSA) is 237 Å². The molecule has 77 heavy (non-hydrogen) atoms. The third-order valence-electron chi connectivity index (χ3n) is 11.9. The molecule has 16 aliphatic heterocycles. The first kappa shape index (κ1) is 69.4. The van der Waals surface area contributed by atoms with Crippen molar-refractivity contribution >= 4 is 36.3 Å². The fourth-order valence-corrected chi connectivity index (χ4v) is 8.03. The molecule has 0 unspecified atom stereocenters. The molecule has 0 aromatic carbocycles. The zero-order valence-electron chi connectivity index (χ0n) is 47.3. The molecule has 13 N–H and O–H groups in total. The molecule has 16 heterocycles. The van der Waals surface area contributed by atoms with Gasteiger partial charge in [0.25, 0.3) is 0 Å². The maximum atomic E-state index is 5.01. The molecule has 0 amide bonds. The minimum absolute atomic E-state index is 0.733. The quantitative estimate of drug-likeness (QED) is 0.166. The highest BCUT2D eigenvalue weighted by molar-refractivity contribution is 8.12. The van der Waals surface area contributed by atoms with E-state index in [1.54, 1.807) is 30.6 Å². The molecule has 9 saturated heterocycles. The molecular formula is C55H108N18O3S. The van der Waals surface area contributed by atoms with E-state index >= 15 is 0 Å². The van der Waals surface area contributed by atoms with Crippen molar-refractivity contribution in [3.05, 3.63) is 61.2 Å². The van der Waals surface area contributed by atoms with Gasteiger partial charge in [0, 0.05) is 116 Å². The number of aliphatic imine (C=N–C) groups is 4. The van der Waals surface area contributed by atoms with Crippen molar-refractivity contribution < 1.29 is 14.2 Å². The molecule has 0 aromatic rings. The summed E-state index contributed by atoms with van der Waals surface area (Å²) < 4.78 is 14.5. The Morgan fingerprint density at radius 2 is 1.18 bits per heavy atom. The number of hydrogen-bond donors (Lipinski definition) is 13. The summed E-state index contributed by atoms with van der Waals surface area (Å²) in [6.07, 6.45) is 38.4.